The molecule has 0 aromatic heterocycles. The Labute approximate surface area is 98.5 Å². The van der Waals surface area contributed by atoms with Crippen molar-refractivity contribution in [2.75, 3.05) is 28.4 Å². The molecule has 0 aromatic carbocycles. The average molecular weight is 232 g/mol. The Balaban J connectivity index is 4.33. The lowest BCUT2D eigenvalue weighted by atomic mass is 10.0. The normalized spacial score (nSPS) is 13.5. The highest BCUT2D eigenvalue weighted by Gasteiger charge is 2.11. The van der Waals surface area contributed by atoms with Crippen LogP contribution >= 0.6 is 0 Å². The number of methoxy groups -OCH3 is 4. The van der Waals surface area contributed by atoms with Gasteiger partial charge in [-0.1, -0.05) is 11.1 Å². The van der Waals surface area contributed by atoms with E-state index in [0.717, 1.165) is 12.8 Å². The Bertz CT molecular complexity index is 183. The highest BCUT2D eigenvalue weighted by atomic mass is 16.7. The maximum absolute atomic E-state index is 5.16. The zero-order valence-electron chi connectivity index (χ0n) is 11.2. The summed E-state index contributed by atoms with van der Waals surface area (Å²) < 4.78 is 20.6. The molecule has 0 aliphatic carbocycles. The van der Waals surface area contributed by atoms with Gasteiger partial charge in [-0.05, 0) is 13.8 Å². The van der Waals surface area contributed by atoms with Crippen molar-refractivity contribution in [1.29, 1.82) is 0 Å². The fourth-order valence-corrected chi connectivity index (χ4v) is 1.37. The van der Waals surface area contributed by atoms with Crippen molar-refractivity contribution in [2.45, 2.75) is 39.3 Å². The van der Waals surface area contributed by atoms with Crippen LogP contribution in [-0.4, -0.2) is 41.0 Å². The number of rotatable bonds is 8. The van der Waals surface area contributed by atoms with E-state index in [9.17, 15) is 0 Å². The van der Waals surface area contributed by atoms with Crippen molar-refractivity contribution in [3.8, 4) is 0 Å². The van der Waals surface area contributed by atoms with Gasteiger partial charge in [0.1, 0.15) is 0 Å². The first-order chi connectivity index (χ1) is 7.58. The first-order valence-electron chi connectivity index (χ1n) is 5.35. The van der Waals surface area contributed by atoms with Crippen LogP contribution in [0.5, 0.6) is 0 Å². The SMILES string of the molecule is COC(C/C(C)=C(\C)CC(OC)OC)OC. The summed E-state index contributed by atoms with van der Waals surface area (Å²) in [5.74, 6) is 0. The smallest absolute Gasteiger partial charge is 0.160 e. The van der Waals surface area contributed by atoms with Crippen LogP contribution in [0.2, 0.25) is 0 Å². The molecule has 0 radical (unpaired) electrons. The van der Waals surface area contributed by atoms with Crippen LogP contribution < -0.4 is 0 Å². The molecule has 0 spiro atoms. The molecule has 4 nitrogen and oxygen atoms in total. The van der Waals surface area contributed by atoms with Crippen LogP contribution in [0.1, 0.15) is 26.7 Å². The fourth-order valence-electron chi connectivity index (χ4n) is 1.37. The summed E-state index contributed by atoms with van der Waals surface area (Å²) in [5.41, 5.74) is 2.49. The average Bonchev–Trinajstić information content (AvgIpc) is 2.32. The molecule has 4 heteroatoms. The highest BCUT2D eigenvalue weighted by molar-refractivity contribution is 5.10. The Morgan fingerprint density at radius 3 is 1.12 bits per heavy atom. The van der Waals surface area contributed by atoms with Gasteiger partial charge in [-0.15, -0.1) is 0 Å². The summed E-state index contributed by atoms with van der Waals surface area (Å²) in [6.45, 7) is 4.14. The Morgan fingerprint density at radius 2 is 0.938 bits per heavy atom. The molecule has 0 rings (SSSR count). The van der Waals surface area contributed by atoms with E-state index in [0.29, 0.717) is 0 Å². The van der Waals surface area contributed by atoms with E-state index in [1.54, 1.807) is 28.4 Å². The van der Waals surface area contributed by atoms with Gasteiger partial charge in [0, 0.05) is 41.3 Å². The van der Waals surface area contributed by atoms with E-state index in [1.165, 1.54) is 11.1 Å². The summed E-state index contributed by atoms with van der Waals surface area (Å²) in [6, 6.07) is 0. The second-order valence-corrected chi connectivity index (χ2v) is 3.77. The van der Waals surface area contributed by atoms with E-state index in [2.05, 4.69) is 13.8 Å². The monoisotopic (exact) mass is 232 g/mol. The van der Waals surface area contributed by atoms with Gasteiger partial charge in [-0.3, -0.25) is 0 Å². The van der Waals surface area contributed by atoms with Gasteiger partial charge >= 0.3 is 0 Å². The van der Waals surface area contributed by atoms with Crippen molar-refractivity contribution in [3.05, 3.63) is 11.1 Å². The van der Waals surface area contributed by atoms with E-state index >= 15 is 0 Å². The molecule has 16 heavy (non-hydrogen) atoms. The Hall–Kier alpha value is -0.420. The summed E-state index contributed by atoms with van der Waals surface area (Å²) in [4.78, 5) is 0. The molecule has 0 atom stereocenters. The van der Waals surface area contributed by atoms with Gasteiger partial charge in [0.15, 0.2) is 12.6 Å². The molecular weight excluding hydrogens is 208 g/mol. The number of hydrogen-bond donors (Lipinski definition) is 0. The first-order valence-corrected chi connectivity index (χ1v) is 5.35. The standard InChI is InChI=1S/C12H24O4/c1-9(7-11(13-3)14-4)10(2)8-12(15-5)16-6/h11-12H,7-8H2,1-6H3/b10-9+. The third-order valence-electron chi connectivity index (χ3n) is 2.73. The molecule has 0 aliphatic heterocycles. The zero-order chi connectivity index (χ0) is 12.6. The van der Waals surface area contributed by atoms with Crippen LogP contribution in [0.4, 0.5) is 0 Å². The van der Waals surface area contributed by atoms with Gasteiger partial charge in [0.05, 0.1) is 0 Å². The van der Waals surface area contributed by atoms with Gasteiger partial charge in [-0.25, -0.2) is 0 Å². The maximum atomic E-state index is 5.16. The maximum Gasteiger partial charge on any atom is 0.160 e. The predicted molar refractivity (Wildman–Crippen MR) is 63.2 cm³/mol. The predicted octanol–water partition coefficient (Wildman–Crippen LogP) is 2.34. The molecule has 96 valence electrons. The number of ether oxygens (including phenoxy) is 4. The lowest BCUT2D eigenvalue weighted by molar-refractivity contribution is -0.103. The molecule has 0 amide bonds. The van der Waals surface area contributed by atoms with Crippen LogP contribution in [0.15, 0.2) is 11.1 Å². The molecule has 0 unspecified atom stereocenters. The zero-order valence-corrected chi connectivity index (χ0v) is 11.2. The van der Waals surface area contributed by atoms with Gasteiger partial charge in [0.2, 0.25) is 0 Å². The number of hydrogen-bond acceptors (Lipinski definition) is 4. The van der Waals surface area contributed by atoms with Crippen LogP contribution in [0, 0.1) is 0 Å². The van der Waals surface area contributed by atoms with E-state index < -0.39 is 0 Å². The van der Waals surface area contributed by atoms with Crippen LogP contribution in [0.25, 0.3) is 0 Å². The minimum Gasteiger partial charge on any atom is -0.356 e. The molecule has 0 aliphatic rings. The molecule has 0 fully saturated rings. The van der Waals surface area contributed by atoms with E-state index in [1.807, 2.05) is 0 Å². The molecular formula is C12H24O4. The quantitative estimate of drug-likeness (QED) is 0.475. The van der Waals surface area contributed by atoms with Gasteiger partial charge in [-0.2, -0.15) is 0 Å². The van der Waals surface area contributed by atoms with Crippen molar-refractivity contribution < 1.29 is 18.9 Å². The van der Waals surface area contributed by atoms with E-state index in [-0.39, 0.29) is 12.6 Å². The molecule has 0 saturated carbocycles. The van der Waals surface area contributed by atoms with Crippen LogP contribution in [0.3, 0.4) is 0 Å². The minimum absolute atomic E-state index is 0.182. The molecule has 0 saturated heterocycles. The molecule has 0 bridgehead atoms. The molecule has 0 N–H and O–H groups in total. The lowest BCUT2D eigenvalue weighted by Gasteiger charge is -2.18. The third-order valence-corrected chi connectivity index (χ3v) is 2.73. The summed E-state index contributed by atoms with van der Waals surface area (Å²) in [6.07, 6.45) is 1.16. The van der Waals surface area contributed by atoms with Crippen LogP contribution in [-0.2, 0) is 18.9 Å². The van der Waals surface area contributed by atoms with Gasteiger partial charge < -0.3 is 18.9 Å². The topological polar surface area (TPSA) is 36.9 Å². The molecule has 0 heterocycles. The highest BCUT2D eigenvalue weighted by Crippen LogP contribution is 2.18. The summed E-state index contributed by atoms with van der Waals surface area (Å²) in [7, 11) is 6.57. The summed E-state index contributed by atoms with van der Waals surface area (Å²) in [5, 5.41) is 0. The van der Waals surface area contributed by atoms with Crippen molar-refractivity contribution in [3.63, 3.8) is 0 Å². The van der Waals surface area contributed by atoms with Crippen molar-refractivity contribution in [2.24, 2.45) is 0 Å². The Morgan fingerprint density at radius 1 is 0.688 bits per heavy atom. The second-order valence-electron chi connectivity index (χ2n) is 3.77. The minimum atomic E-state index is -0.182. The van der Waals surface area contributed by atoms with Crippen molar-refractivity contribution in [1.82, 2.24) is 0 Å². The second kappa shape index (κ2) is 8.70. The first kappa shape index (κ1) is 15.6. The lowest BCUT2D eigenvalue weighted by Crippen LogP contribution is -2.16. The van der Waals surface area contributed by atoms with E-state index in [4.69, 9.17) is 18.9 Å². The third kappa shape index (κ3) is 5.61. The van der Waals surface area contributed by atoms with Gasteiger partial charge in [0.25, 0.3) is 0 Å². The molecule has 0 aromatic rings. The largest absolute Gasteiger partial charge is 0.356 e. The fraction of sp³-hybridized carbons (Fsp3) is 0.833. The summed E-state index contributed by atoms with van der Waals surface area (Å²) >= 11 is 0. The van der Waals surface area contributed by atoms with Crippen molar-refractivity contribution >= 4 is 0 Å². The Kier molecular flexibility index (Phi) is 8.47.